The predicted octanol–water partition coefficient (Wildman–Crippen LogP) is 5.00. The molecule has 8 heteroatoms. The maximum absolute atomic E-state index is 14.6. The number of pyridine rings is 1. The first kappa shape index (κ1) is 22.2. The Morgan fingerprint density at radius 2 is 1.94 bits per heavy atom. The lowest BCUT2D eigenvalue weighted by atomic mass is 9.98. The molecule has 6 nitrogen and oxygen atoms in total. The van der Waals surface area contributed by atoms with Gasteiger partial charge in [-0.3, -0.25) is 0 Å². The van der Waals surface area contributed by atoms with Gasteiger partial charge in [0.05, 0.1) is 32.0 Å². The van der Waals surface area contributed by atoms with E-state index >= 15 is 0 Å². The Bertz CT molecular complexity index is 1270. The molecule has 4 aromatic rings. The summed E-state index contributed by atoms with van der Waals surface area (Å²) >= 11 is 2.07. The van der Waals surface area contributed by atoms with Gasteiger partial charge in [0.1, 0.15) is 11.6 Å². The van der Waals surface area contributed by atoms with Crippen LogP contribution in [0.5, 0.6) is 5.75 Å². The Balaban J connectivity index is 1.77. The Labute approximate surface area is 198 Å². The van der Waals surface area contributed by atoms with Crippen LogP contribution in [0, 0.1) is 9.39 Å². The van der Waals surface area contributed by atoms with Crippen molar-refractivity contribution >= 4 is 39.6 Å². The smallest absolute Gasteiger partial charge is 0.340 e. The molecule has 0 fully saturated rings. The van der Waals surface area contributed by atoms with Gasteiger partial charge in [0.25, 0.3) is 0 Å². The van der Waals surface area contributed by atoms with Crippen molar-refractivity contribution in [1.82, 2.24) is 14.8 Å². The standard InChI is InChI=1S/C24H21FIN3O3/c1-3-32-24(30)21-12-27-23-20(19(21)10-16-6-7-17(26)11-22(16)25)13-28-29(23)14-15-4-8-18(31-2)9-5-15/h4-9,11-13H,3,10,14H2,1-2H3. The van der Waals surface area contributed by atoms with Gasteiger partial charge in [0.15, 0.2) is 5.65 Å². The first-order chi connectivity index (χ1) is 15.5. The molecule has 2 heterocycles. The van der Waals surface area contributed by atoms with E-state index in [1.54, 1.807) is 31.0 Å². The summed E-state index contributed by atoms with van der Waals surface area (Å²) in [5.41, 5.74) is 3.11. The molecule has 0 atom stereocenters. The number of rotatable bonds is 7. The molecule has 0 bridgehead atoms. The van der Waals surface area contributed by atoms with Gasteiger partial charge in [-0.1, -0.05) is 18.2 Å². The molecule has 164 valence electrons. The lowest BCUT2D eigenvalue weighted by Crippen LogP contribution is -2.11. The SMILES string of the molecule is CCOC(=O)c1cnc2c(cnn2Cc2ccc(OC)cc2)c1Cc1ccc(I)cc1F. The van der Waals surface area contributed by atoms with Crippen LogP contribution in [0.3, 0.4) is 0 Å². The van der Waals surface area contributed by atoms with Gasteiger partial charge < -0.3 is 9.47 Å². The van der Waals surface area contributed by atoms with Crippen LogP contribution in [0.2, 0.25) is 0 Å². The van der Waals surface area contributed by atoms with Crippen molar-refractivity contribution < 1.29 is 18.7 Å². The minimum atomic E-state index is -0.481. The number of ether oxygens (including phenoxy) is 2. The highest BCUT2D eigenvalue weighted by Gasteiger charge is 2.20. The maximum atomic E-state index is 14.6. The van der Waals surface area contributed by atoms with E-state index < -0.39 is 5.97 Å². The molecule has 0 aliphatic carbocycles. The summed E-state index contributed by atoms with van der Waals surface area (Å²) in [7, 11) is 1.62. The Morgan fingerprint density at radius 1 is 1.16 bits per heavy atom. The van der Waals surface area contributed by atoms with E-state index in [0.29, 0.717) is 34.3 Å². The fraction of sp³-hybridized carbons (Fsp3) is 0.208. The lowest BCUT2D eigenvalue weighted by Gasteiger charge is -2.12. The average Bonchev–Trinajstić information content (AvgIpc) is 3.19. The monoisotopic (exact) mass is 545 g/mol. The van der Waals surface area contributed by atoms with Crippen LogP contribution < -0.4 is 4.74 Å². The third kappa shape index (κ3) is 4.59. The lowest BCUT2D eigenvalue weighted by molar-refractivity contribution is 0.0525. The number of aromatic nitrogens is 3. The minimum Gasteiger partial charge on any atom is -0.497 e. The van der Waals surface area contributed by atoms with Crippen molar-refractivity contribution in [3.63, 3.8) is 0 Å². The molecule has 0 spiro atoms. The van der Waals surface area contributed by atoms with E-state index in [-0.39, 0.29) is 18.8 Å². The predicted molar refractivity (Wildman–Crippen MR) is 128 cm³/mol. The van der Waals surface area contributed by atoms with Gasteiger partial charge >= 0.3 is 5.97 Å². The highest BCUT2D eigenvalue weighted by Crippen LogP contribution is 2.26. The number of esters is 1. The molecule has 2 aromatic heterocycles. The van der Waals surface area contributed by atoms with Crippen LogP contribution in [0.1, 0.15) is 34.0 Å². The first-order valence-corrected chi connectivity index (χ1v) is 11.2. The third-order valence-electron chi connectivity index (χ3n) is 5.15. The number of methoxy groups -OCH3 is 1. The molecule has 0 saturated heterocycles. The van der Waals surface area contributed by atoms with Gasteiger partial charge in [-0.15, -0.1) is 0 Å². The second kappa shape index (κ2) is 9.64. The van der Waals surface area contributed by atoms with E-state index in [4.69, 9.17) is 9.47 Å². The van der Waals surface area contributed by atoms with Crippen molar-refractivity contribution in [3.8, 4) is 5.75 Å². The zero-order valence-corrected chi connectivity index (χ0v) is 19.8. The maximum Gasteiger partial charge on any atom is 0.340 e. The number of halogens is 2. The van der Waals surface area contributed by atoms with Crippen LogP contribution in [0.15, 0.2) is 54.9 Å². The van der Waals surface area contributed by atoms with Crippen LogP contribution in [0.4, 0.5) is 4.39 Å². The highest BCUT2D eigenvalue weighted by molar-refractivity contribution is 14.1. The van der Waals surface area contributed by atoms with Gasteiger partial charge in [-0.25, -0.2) is 18.9 Å². The summed E-state index contributed by atoms with van der Waals surface area (Å²) in [5, 5.41) is 5.19. The fourth-order valence-corrected chi connectivity index (χ4v) is 3.98. The molecule has 0 unspecified atom stereocenters. The molecule has 2 aromatic carbocycles. The topological polar surface area (TPSA) is 66.2 Å². The van der Waals surface area contributed by atoms with E-state index in [1.807, 2.05) is 30.3 Å². The normalized spacial score (nSPS) is 11.0. The zero-order chi connectivity index (χ0) is 22.7. The van der Waals surface area contributed by atoms with E-state index in [1.165, 1.54) is 12.3 Å². The van der Waals surface area contributed by atoms with Crippen molar-refractivity contribution in [2.45, 2.75) is 19.9 Å². The Hall–Kier alpha value is -3.01. The number of carbonyl (C=O) groups is 1. The number of hydrogen-bond acceptors (Lipinski definition) is 5. The van der Waals surface area contributed by atoms with Crippen LogP contribution >= 0.6 is 22.6 Å². The molecular formula is C24H21FIN3O3. The molecule has 0 N–H and O–H groups in total. The van der Waals surface area contributed by atoms with E-state index in [2.05, 4.69) is 32.7 Å². The fourth-order valence-electron chi connectivity index (χ4n) is 3.53. The second-order valence-electron chi connectivity index (χ2n) is 7.17. The zero-order valence-electron chi connectivity index (χ0n) is 17.6. The summed E-state index contributed by atoms with van der Waals surface area (Å²) in [6, 6.07) is 12.7. The largest absolute Gasteiger partial charge is 0.497 e. The van der Waals surface area contributed by atoms with E-state index in [0.717, 1.165) is 14.9 Å². The average molecular weight is 545 g/mol. The van der Waals surface area contributed by atoms with Crippen molar-refractivity contribution in [3.05, 3.63) is 86.5 Å². The first-order valence-electron chi connectivity index (χ1n) is 10.1. The van der Waals surface area contributed by atoms with Gasteiger partial charge in [0.2, 0.25) is 0 Å². The molecule has 4 rings (SSSR count). The molecule has 0 aliphatic heterocycles. The summed E-state index contributed by atoms with van der Waals surface area (Å²) < 4.78 is 27.6. The summed E-state index contributed by atoms with van der Waals surface area (Å²) in [4.78, 5) is 17.1. The van der Waals surface area contributed by atoms with E-state index in [9.17, 15) is 9.18 Å². The second-order valence-corrected chi connectivity index (χ2v) is 8.42. The van der Waals surface area contributed by atoms with Gasteiger partial charge in [-0.05, 0) is 70.5 Å². The Kier molecular flexibility index (Phi) is 6.69. The molecular weight excluding hydrogens is 524 g/mol. The van der Waals surface area contributed by atoms with Crippen molar-refractivity contribution in [1.29, 1.82) is 0 Å². The number of fused-ring (bicyclic) bond motifs is 1. The van der Waals surface area contributed by atoms with Crippen molar-refractivity contribution in [2.75, 3.05) is 13.7 Å². The summed E-state index contributed by atoms with van der Waals surface area (Å²) in [5.74, 6) is -0.0221. The summed E-state index contributed by atoms with van der Waals surface area (Å²) in [6.45, 7) is 2.48. The highest BCUT2D eigenvalue weighted by atomic mass is 127. The van der Waals surface area contributed by atoms with Gasteiger partial charge in [-0.2, -0.15) is 5.10 Å². The number of nitrogens with zero attached hydrogens (tertiary/aromatic N) is 3. The molecule has 32 heavy (non-hydrogen) atoms. The number of carbonyl (C=O) groups excluding carboxylic acids is 1. The molecule has 0 saturated carbocycles. The molecule has 0 radical (unpaired) electrons. The van der Waals surface area contributed by atoms with Gasteiger partial charge in [0, 0.05) is 21.6 Å². The number of benzene rings is 2. The van der Waals surface area contributed by atoms with Crippen LogP contribution in [0.25, 0.3) is 11.0 Å². The minimum absolute atomic E-state index is 0.226. The van der Waals surface area contributed by atoms with Crippen molar-refractivity contribution in [2.24, 2.45) is 0 Å². The molecule has 0 aliphatic rings. The third-order valence-corrected chi connectivity index (χ3v) is 5.82. The quantitative estimate of drug-likeness (QED) is 0.242. The Morgan fingerprint density at radius 3 is 2.62 bits per heavy atom. The van der Waals surface area contributed by atoms with Crippen LogP contribution in [-0.2, 0) is 17.7 Å². The number of hydrogen-bond donors (Lipinski definition) is 0. The summed E-state index contributed by atoms with van der Waals surface area (Å²) in [6.07, 6.45) is 3.39. The van der Waals surface area contributed by atoms with Crippen LogP contribution in [-0.4, -0.2) is 34.5 Å². The molecule has 0 amide bonds.